The fraction of sp³-hybridized carbons (Fsp3) is 0.294. The molecule has 0 saturated heterocycles. The Morgan fingerprint density at radius 3 is 2.61 bits per heavy atom. The lowest BCUT2D eigenvalue weighted by atomic mass is 10.1. The van der Waals surface area contributed by atoms with Crippen molar-refractivity contribution in [2.24, 2.45) is 0 Å². The predicted molar refractivity (Wildman–Crippen MR) is 91.3 cm³/mol. The molecule has 0 aromatic heterocycles. The maximum atomic E-state index is 12.9. The van der Waals surface area contributed by atoms with Crippen LogP contribution in [0.1, 0.15) is 18.9 Å². The Hall–Kier alpha value is -2.21. The molecule has 0 aliphatic carbocycles. The molecule has 0 saturated carbocycles. The third-order valence-corrected chi connectivity index (χ3v) is 5.68. The Balaban J connectivity index is 1.92. The van der Waals surface area contributed by atoms with E-state index in [-0.39, 0.29) is 4.90 Å². The number of nitrogens with two attached hydrogens (primary N) is 1. The molecule has 2 N–H and O–H groups in total. The lowest BCUT2D eigenvalue weighted by molar-refractivity contribution is 0.317. The molecule has 2 aromatic rings. The van der Waals surface area contributed by atoms with Crippen LogP contribution in [-0.4, -0.2) is 21.6 Å². The van der Waals surface area contributed by atoms with E-state index in [4.69, 9.17) is 10.5 Å². The number of nitrogens with zero attached hydrogens (tertiary/aromatic N) is 1. The van der Waals surface area contributed by atoms with E-state index in [0.29, 0.717) is 36.7 Å². The molecule has 0 bridgehead atoms. The first-order chi connectivity index (χ1) is 11.0. The highest BCUT2D eigenvalue weighted by Crippen LogP contribution is 2.37. The second-order valence-electron chi connectivity index (χ2n) is 5.50. The van der Waals surface area contributed by atoms with Crippen molar-refractivity contribution in [2.45, 2.75) is 24.7 Å². The van der Waals surface area contributed by atoms with Crippen molar-refractivity contribution >= 4 is 21.4 Å². The van der Waals surface area contributed by atoms with Crippen LogP contribution in [0.3, 0.4) is 0 Å². The number of fused-ring (bicyclic) bond motifs is 1. The summed E-state index contributed by atoms with van der Waals surface area (Å²) in [5, 5.41) is 0. The van der Waals surface area contributed by atoms with Gasteiger partial charge in [-0.1, -0.05) is 19.1 Å². The van der Waals surface area contributed by atoms with Crippen LogP contribution in [-0.2, 0) is 16.4 Å². The molecule has 0 fully saturated rings. The summed E-state index contributed by atoms with van der Waals surface area (Å²) >= 11 is 0. The summed E-state index contributed by atoms with van der Waals surface area (Å²) in [5.41, 5.74) is 8.06. The van der Waals surface area contributed by atoms with Gasteiger partial charge in [0.2, 0.25) is 0 Å². The molecule has 122 valence electrons. The van der Waals surface area contributed by atoms with Gasteiger partial charge in [0.1, 0.15) is 5.75 Å². The number of sulfonamides is 1. The average Bonchev–Trinajstić information content (AvgIpc) is 2.99. The Kier molecular flexibility index (Phi) is 4.17. The van der Waals surface area contributed by atoms with Gasteiger partial charge in [-0.25, -0.2) is 8.42 Å². The normalized spacial score (nSPS) is 13.9. The molecule has 3 rings (SSSR count). The summed E-state index contributed by atoms with van der Waals surface area (Å²) < 4.78 is 32.7. The molecule has 1 heterocycles. The molecule has 0 amide bonds. The maximum absolute atomic E-state index is 12.9. The van der Waals surface area contributed by atoms with Crippen LogP contribution in [0.2, 0.25) is 0 Å². The molecule has 0 atom stereocenters. The standard InChI is InChI=1S/C17H20N2O3S/c1-2-12-22-14-6-8-15(9-7-14)23(20,21)19-11-10-13-4-3-5-16(18)17(13)19/h3-9H,2,10-12,18H2,1H3. The van der Waals surface area contributed by atoms with E-state index in [0.717, 1.165) is 12.0 Å². The molecule has 0 spiro atoms. The van der Waals surface area contributed by atoms with Gasteiger partial charge in [0.05, 0.1) is 22.9 Å². The molecule has 1 aliphatic rings. The predicted octanol–water partition coefficient (Wildman–Crippen LogP) is 2.81. The Morgan fingerprint density at radius 1 is 1.17 bits per heavy atom. The second-order valence-corrected chi connectivity index (χ2v) is 7.36. The Bertz CT molecular complexity index is 801. The summed E-state index contributed by atoms with van der Waals surface area (Å²) in [7, 11) is -3.61. The molecular formula is C17H20N2O3S. The molecule has 0 radical (unpaired) electrons. The van der Waals surface area contributed by atoms with E-state index in [1.54, 1.807) is 30.3 Å². The number of rotatable bonds is 5. The molecule has 6 heteroatoms. The van der Waals surface area contributed by atoms with E-state index < -0.39 is 10.0 Å². The van der Waals surface area contributed by atoms with Crippen molar-refractivity contribution in [1.82, 2.24) is 0 Å². The van der Waals surface area contributed by atoms with Gasteiger partial charge in [-0.05, 0) is 48.7 Å². The maximum Gasteiger partial charge on any atom is 0.264 e. The van der Waals surface area contributed by atoms with Crippen LogP contribution < -0.4 is 14.8 Å². The summed E-state index contributed by atoms with van der Waals surface area (Å²) in [6.07, 6.45) is 1.58. The Labute approximate surface area is 136 Å². The molecule has 2 aromatic carbocycles. The van der Waals surface area contributed by atoms with E-state index in [1.807, 2.05) is 19.1 Å². The first kappa shape index (κ1) is 15.7. The summed E-state index contributed by atoms with van der Waals surface area (Å²) in [6.45, 7) is 3.05. The zero-order valence-corrected chi connectivity index (χ0v) is 13.8. The molecule has 1 aliphatic heterocycles. The molecule has 0 unspecified atom stereocenters. The summed E-state index contributed by atoms with van der Waals surface area (Å²) in [5.74, 6) is 0.673. The van der Waals surface area contributed by atoms with Crippen molar-refractivity contribution in [3.8, 4) is 5.75 Å². The molecular weight excluding hydrogens is 312 g/mol. The largest absolute Gasteiger partial charge is 0.494 e. The zero-order chi connectivity index (χ0) is 16.4. The fourth-order valence-corrected chi connectivity index (χ4v) is 4.28. The van der Waals surface area contributed by atoms with Gasteiger partial charge in [-0.3, -0.25) is 4.31 Å². The van der Waals surface area contributed by atoms with Gasteiger partial charge < -0.3 is 10.5 Å². The van der Waals surface area contributed by atoms with Crippen molar-refractivity contribution in [1.29, 1.82) is 0 Å². The highest BCUT2D eigenvalue weighted by Gasteiger charge is 2.32. The lowest BCUT2D eigenvalue weighted by Crippen LogP contribution is -2.29. The SMILES string of the molecule is CCCOc1ccc(S(=O)(=O)N2CCc3cccc(N)c32)cc1. The van der Waals surface area contributed by atoms with Crippen molar-refractivity contribution < 1.29 is 13.2 Å². The Morgan fingerprint density at radius 2 is 1.91 bits per heavy atom. The number of hydrogen-bond donors (Lipinski definition) is 1. The number of benzene rings is 2. The van der Waals surface area contributed by atoms with Crippen LogP contribution in [0.15, 0.2) is 47.4 Å². The van der Waals surface area contributed by atoms with Crippen molar-refractivity contribution in [2.75, 3.05) is 23.2 Å². The zero-order valence-electron chi connectivity index (χ0n) is 13.0. The van der Waals surface area contributed by atoms with E-state index in [9.17, 15) is 8.42 Å². The van der Waals surface area contributed by atoms with Gasteiger partial charge in [0, 0.05) is 6.54 Å². The first-order valence-electron chi connectivity index (χ1n) is 7.67. The molecule has 23 heavy (non-hydrogen) atoms. The topological polar surface area (TPSA) is 72.6 Å². The van der Waals surface area contributed by atoms with Crippen LogP contribution in [0, 0.1) is 0 Å². The number of nitrogen functional groups attached to an aromatic ring is 1. The fourth-order valence-electron chi connectivity index (χ4n) is 2.75. The number of anilines is 2. The first-order valence-corrected chi connectivity index (χ1v) is 9.11. The van der Waals surface area contributed by atoms with Gasteiger partial charge in [0.15, 0.2) is 0 Å². The quantitative estimate of drug-likeness (QED) is 0.855. The minimum Gasteiger partial charge on any atom is -0.494 e. The summed E-state index contributed by atoms with van der Waals surface area (Å²) in [4.78, 5) is 0.248. The number of ether oxygens (including phenoxy) is 1. The van der Waals surface area contributed by atoms with Crippen LogP contribution in [0.4, 0.5) is 11.4 Å². The van der Waals surface area contributed by atoms with E-state index in [1.165, 1.54) is 4.31 Å². The monoisotopic (exact) mass is 332 g/mol. The number of hydrogen-bond acceptors (Lipinski definition) is 4. The minimum absolute atomic E-state index is 0.248. The lowest BCUT2D eigenvalue weighted by Gasteiger charge is -2.21. The van der Waals surface area contributed by atoms with Gasteiger partial charge in [0.25, 0.3) is 10.0 Å². The minimum atomic E-state index is -3.61. The smallest absolute Gasteiger partial charge is 0.264 e. The summed E-state index contributed by atoms with van der Waals surface area (Å²) in [6, 6.07) is 12.0. The van der Waals surface area contributed by atoms with Crippen LogP contribution in [0.5, 0.6) is 5.75 Å². The van der Waals surface area contributed by atoms with Crippen LogP contribution >= 0.6 is 0 Å². The molecule has 5 nitrogen and oxygen atoms in total. The van der Waals surface area contributed by atoms with Gasteiger partial charge >= 0.3 is 0 Å². The van der Waals surface area contributed by atoms with Crippen LogP contribution in [0.25, 0.3) is 0 Å². The highest BCUT2D eigenvalue weighted by atomic mass is 32.2. The van der Waals surface area contributed by atoms with E-state index >= 15 is 0 Å². The van der Waals surface area contributed by atoms with Gasteiger partial charge in [-0.2, -0.15) is 0 Å². The van der Waals surface area contributed by atoms with E-state index in [2.05, 4.69) is 0 Å². The average molecular weight is 332 g/mol. The third kappa shape index (κ3) is 2.86. The number of para-hydroxylation sites is 1. The highest BCUT2D eigenvalue weighted by molar-refractivity contribution is 7.92. The second kappa shape index (κ2) is 6.12. The van der Waals surface area contributed by atoms with Crippen molar-refractivity contribution in [3.05, 3.63) is 48.0 Å². The van der Waals surface area contributed by atoms with Crippen molar-refractivity contribution in [3.63, 3.8) is 0 Å². The van der Waals surface area contributed by atoms with Gasteiger partial charge in [-0.15, -0.1) is 0 Å². The third-order valence-electron chi connectivity index (χ3n) is 3.87.